The third kappa shape index (κ3) is 2.37. The Morgan fingerprint density at radius 3 is 3.07 bits per heavy atom. The Hall–Kier alpha value is -1.32. The van der Waals surface area contributed by atoms with Crippen molar-refractivity contribution in [2.24, 2.45) is 0 Å². The Bertz CT molecular complexity index is 453. The van der Waals surface area contributed by atoms with Crippen molar-refractivity contribution in [3.63, 3.8) is 0 Å². The van der Waals surface area contributed by atoms with Crippen LogP contribution < -0.4 is 0 Å². The maximum Gasteiger partial charge on any atom is 0.112 e. The van der Waals surface area contributed by atoms with Gasteiger partial charge >= 0.3 is 0 Å². The molecule has 0 amide bonds. The highest BCUT2D eigenvalue weighted by Gasteiger charge is 2.03. The zero-order chi connectivity index (χ0) is 10.7. The summed E-state index contributed by atoms with van der Waals surface area (Å²) < 4.78 is 0. The molecule has 1 aromatic heterocycles. The molecular formula is C11H10ClN2O. The van der Waals surface area contributed by atoms with E-state index in [0.29, 0.717) is 10.8 Å². The summed E-state index contributed by atoms with van der Waals surface area (Å²) in [6.07, 6.45) is 3.32. The van der Waals surface area contributed by atoms with E-state index < -0.39 is 0 Å². The minimum Gasteiger partial charge on any atom is -0.396 e. The number of hydrogen-bond donors (Lipinski definition) is 2. The molecule has 1 heterocycles. The molecule has 15 heavy (non-hydrogen) atoms. The van der Waals surface area contributed by atoms with Crippen LogP contribution in [0.3, 0.4) is 0 Å². The number of nitrogens with one attached hydrogen (secondary N) is 1. The minimum absolute atomic E-state index is 0.0253. The van der Waals surface area contributed by atoms with Crippen molar-refractivity contribution in [3.8, 4) is 11.3 Å². The zero-order valence-electron chi connectivity index (χ0n) is 7.94. The molecule has 0 bridgehead atoms. The van der Waals surface area contributed by atoms with E-state index in [1.54, 1.807) is 12.6 Å². The summed E-state index contributed by atoms with van der Waals surface area (Å²) in [5.41, 5.74) is 1.87. The van der Waals surface area contributed by atoms with Gasteiger partial charge in [0.25, 0.3) is 0 Å². The standard InChI is InChI=1S/C11H10ClN2O/c12-9-3-1-2-8(6-9)10-7-13-11(14-10)4-5-15/h1-4,6-7,15H,5H2,(H,13,14). The molecule has 0 atom stereocenters. The molecule has 0 fully saturated rings. The number of H-pyrrole nitrogens is 1. The third-order valence-corrected chi connectivity index (χ3v) is 2.25. The molecule has 1 radical (unpaired) electrons. The van der Waals surface area contributed by atoms with Gasteiger partial charge in [0, 0.05) is 10.6 Å². The molecule has 1 aromatic carbocycles. The molecule has 2 rings (SSSR count). The predicted molar refractivity (Wildman–Crippen MR) is 59.5 cm³/mol. The topological polar surface area (TPSA) is 48.9 Å². The zero-order valence-corrected chi connectivity index (χ0v) is 8.70. The first kappa shape index (κ1) is 10.2. The highest BCUT2D eigenvalue weighted by Crippen LogP contribution is 2.20. The van der Waals surface area contributed by atoms with Crippen LogP contribution in [0.5, 0.6) is 0 Å². The minimum atomic E-state index is -0.0253. The van der Waals surface area contributed by atoms with E-state index in [1.165, 1.54) is 0 Å². The Balaban J connectivity index is 2.29. The number of aromatic amines is 1. The Morgan fingerprint density at radius 1 is 1.47 bits per heavy atom. The predicted octanol–water partition coefficient (Wildman–Crippen LogP) is 2.27. The van der Waals surface area contributed by atoms with Crippen LogP contribution in [0.2, 0.25) is 5.02 Å². The number of imidazole rings is 1. The first-order valence-corrected chi connectivity index (χ1v) is 4.92. The maximum atomic E-state index is 8.71. The number of rotatable bonds is 3. The van der Waals surface area contributed by atoms with E-state index in [1.807, 2.05) is 24.3 Å². The lowest BCUT2D eigenvalue weighted by atomic mass is 10.2. The van der Waals surface area contributed by atoms with Gasteiger partial charge in [-0.05, 0) is 12.1 Å². The molecule has 0 saturated heterocycles. The van der Waals surface area contributed by atoms with Crippen molar-refractivity contribution < 1.29 is 5.11 Å². The average molecular weight is 222 g/mol. The molecule has 0 spiro atoms. The van der Waals surface area contributed by atoms with Crippen molar-refractivity contribution in [2.45, 2.75) is 0 Å². The molecule has 2 N–H and O–H groups in total. The van der Waals surface area contributed by atoms with Gasteiger partial charge < -0.3 is 10.1 Å². The van der Waals surface area contributed by atoms with E-state index in [9.17, 15) is 0 Å². The van der Waals surface area contributed by atoms with Crippen LogP contribution in [-0.2, 0) is 0 Å². The first-order valence-electron chi connectivity index (χ1n) is 4.54. The van der Waals surface area contributed by atoms with Crippen LogP contribution >= 0.6 is 11.6 Å². The number of nitrogens with zero attached hydrogens (tertiary/aromatic N) is 1. The van der Waals surface area contributed by atoms with Crippen LogP contribution in [0.4, 0.5) is 0 Å². The van der Waals surface area contributed by atoms with Gasteiger partial charge in [-0.1, -0.05) is 23.7 Å². The number of aliphatic hydroxyl groups is 1. The molecule has 0 unspecified atom stereocenters. The molecule has 0 saturated carbocycles. The summed E-state index contributed by atoms with van der Waals surface area (Å²) in [5, 5.41) is 9.40. The van der Waals surface area contributed by atoms with Crippen molar-refractivity contribution in [2.75, 3.05) is 6.61 Å². The van der Waals surface area contributed by atoms with E-state index >= 15 is 0 Å². The van der Waals surface area contributed by atoms with Crippen LogP contribution in [0.15, 0.2) is 30.5 Å². The SMILES string of the molecule is OC[CH]c1ncc(-c2cccc(Cl)c2)[nH]1. The summed E-state index contributed by atoms with van der Waals surface area (Å²) in [6.45, 7) is -0.0253. The van der Waals surface area contributed by atoms with Gasteiger partial charge in [0.1, 0.15) is 5.82 Å². The molecule has 3 nitrogen and oxygen atoms in total. The lowest BCUT2D eigenvalue weighted by Crippen LogP contribution is -1.89. The second-order valence-electron chi connectivity index (χ2n) is 3.08. The van der Waals surface area contributed by atoms with Gasteiger partial charge in [0.2, 0.25) is 0 Å². The van der Waals surface area contributed by atoms with Gasteiger partial charge in [-0.2, -0.15) is 0 Å². The van der Waals surface area contributed by atoms with E-state index in [-0.39, 0.29) is 6.61 Å². The molecule has 0 aliphatic rings. The quantitative estimate of drug-likeness (QED) is 0.836. The Labute approximate surface area is 92.7 Å². The van der Waals surface area contributed by atoms with Gasteiger partial charge in [0.15, 0.2) is 0 Å². The molecule has 4 heteroatoms. The van der Waals surface area contributed by atoms with Gasteiger partial charge in [-0.3, -0.25) is 0 Å². The summed E-state index contributed by atoms with van der Waals surface area (Å²) in [6, 6.07) is 7.51. The second-order valence-corrected chi connectivity index (χ2v) is 3.52. The summed E-state index contributed by atoms with van der Waals surface area (Å²) in [5.74, 6) is 0.660. The number of benzene rings is 1. The number of aliphatic hydroxyl groups excluding tert-OH is 1. The lowest BCUT2D eigenvalue weighted by Gasteiger charge is -1.97. The van der Waals surface area contributed by atoms with Crippen LogP contribution in [0.25, 0.3) is 11.3 Å². The fourth-order valence-corrected chi connectivity index (χ4v) is 1.52. The van der Waals surface area contributed by atoms with Crippen molar-refractivity contribution in [1.29, 1.82) is 0 Å². The van der Waals surface area contributed by atoms with Crippen molar-refractivity contribution >= 4 is 11.6 Å². The smallest absolute Gasteiger partial charge is 0.112 e. The largest absolute Gasteiger partial charge is 0.396 e. The maximum absolute atomic E-state index is 8.71. The van der Waals surface area contributed by atoms with Gasteiger partial charge in [0.05, 0.1) is 24.9 Å². The fourth-order valence-electron chi connectivity index (χ4n) is 1.33. The molecule has 0 aliphatic heterocycles. The molecule has 77 valence electrons. The van der Waals surface area contributed by atoms with Crippen LogP contribution in [0, 0.1) is 6.42 Å². The third-order valence-electron chi connectivity index (χ3n) is 2.02. The summed E-state index contributed by atoms with van der Waals surface area (Å²) in [7, 11) is 0. The van der Waals surface area contributed by atoms with Crippen LogP contribution in [-0.4, -0.2) is 21.7 Å². The monoisotopic (exact) mass is 221 g/mol. The van der Waals surface area contributed by atoms with Gasteiger partial charge in [-0.25, -0.2) is 4.98 Å². The van der Waals surface area contributed by atoms with Gasteiger partial charge in [-0.15, -0.1) is 0 Å². The highest BCUT2D eigenvalue weighted by atomic mass is 35.5. The summed E-state index contributed by atoms with van der Waals surface area (Å²) >= 11 is 5.88. The normalized spacial score (nSPS) is 10.5. The average Bonchev–Trinajstić information content (AvgIpc) is 2.67. The molecule has 2 aromatic rings. The fraction of sp³-hybridized carbons (Fsp3) is 0.0909. The van der Waals surface area contributed by atoms with Crippen molar-refractivity contribution in [3.05, 3.63) is 47.7 Å². The number of aromatic nitrogens is 2. The Kier molecular flexibility index (Phi) is 3.04. The summed E-state index contributed by atoms with van der Waals surface area (Å²) in [4.78, 5) is 7.17. The Morgan fingerprint density at radius 2 is 2.33 bits per heavy atom. The number of halogens is 1. The molecule has 0 aliphatic carbocycles. The van der Waals surface area contributed by atoms with E-state index in [4.69, 9.17) is 16.7 Å². The van der Waals surface area contributed by atoms with Crippen LogP contribution in [0.1, 0.15) is 5.82 Å². The second kappa shape index (κ2) is 4.47. The van der Waals surface area contributed by atoms with Crippen molar-refractivity contribution in [1.82, 2.24) is 9.97 Å². The van der Waals surface area contributed by atoms with E-state index in [0.717, 1.165) is 11.3 Å². The number of hydrogen-bond acceptors (Lipinski definition) is 2. The first-order chi connectivity index (χ1) is 7.29. The lowest BCUT2D eigenvalue weighted by molar-refractivity contribution is 0.330. The molecular weight excluding hydrogens is 212 g/mol. The van der Waals surface area contributed by atoms with E-state index in [2.05, 4.69) is 9.97 Å². The highest BCUT2D eigenvalue weighted by molar-refractivity contribution is 6.30.